The number of aliphatic hydroxyl groups is 3. The highest BCUT2D eigenvalue weighted by molar-refractivity contribution is 7.85. The number of carboxylic acids is 2. The van der Waals surface area contributed by atoms with Crippen LogP contribution in [0.1, 0.15) is 56.6 Å². The molecule has 2 aliphatic rings. The molecule has 0 unspecified atom stereocenters. The predicted molar refractivity (Wildman–Crippen MR) is 184 cm³/mol. The summed E-state index contributed by atoms with van der Waals surface area (Å²) in [5.74, 6) is -5.81. The van der Waals surface area contributed by atoms with E-state index in [4.69, 9.17) is 28.6 Å². The molecule has 0 spiro atoms. The molecule has 2 heterocycles. The maximum Gasteiger partial charge on any atom is 0.335 e. The third-order valence-corrected chi connectivity index (χ3v) is 9.30. The van der Waals surface area contributed by atoms with Gasteiger partial charge in [0.05, 0.1) is 38.0 Å². The molecule has 3 amide bonds. The average Bonchev–Trinajstić information content (AvgIpc) is 3.40. The van der Waals surface area contributed by atoms with Crippen LogP contribution in [0.4, 0.5) is 0 Å². The molecule has 21 nitrogen and oxygen atoms in total. The monoisotopic (exact) mass is 805 g/mol. The van der Waals surface area contributed by atoms with Crippen LogP contribution in [-0.4, -0.2) is 154 Å². The Morgan fingerprint density at radius 3 is 2.38 bits per heavy atom. The highest BCUT2D eigenvalue weighted by Crippen LogP contribution is 2.29. The van der Waals surface area contributed by atoms with Crippen molar-refractivity contribution in [3.63, 3.8) is 0 Å². The fourth-order valence-corrected chi connectivity index (χ4v) is 5.98. The van der Waals surface area contributed by atoms with E-state index in [1.807, 2.05) is 0 Å². The molecule has 1 aromatic carbocycles. The number of aliphatic hydroxyl groups excluding tert-OH is 3. The summed E-state index contributed by atoms with van der Waals surface area (Å²) in [4.78, 5) is 73.5. The van der Waals surface area contributed by atoms with Crippen LogP contribution in [0.5, 0.6) is 5.75 Å². The van der Waals surface area contributed by atoms with Gasteiger partial charge in [-0.2, -0.15) is 8.42 Å². The number of nitrogens with zero attached hydrogens (tertiary/aromatic N) is 1. The van der Waals surface area contributed by atoms with Crippen LogP contribution in [0, 0.1) is 0 Å². The van der Waals surface area contributed by atoms with Crippen LogP contribution in [0.15, 0.2) is 18.2 Å². The van der Waals surface area contributed by atoms with Gasteiger partial charge in [0, 0.05) is 24.9 Å². The van der Waals surface area contributed by atoms with Gasteiger partial charge >= 0.3 is 17.9 Å². The highest BCUT2D eigenvalue weighted by Gasteiger charge is 2.48. The number of esters is 1. The first kappa shape index (κ1) is 44.9. The van der Waals surface area contributed by atoms with Gasteiger partial charge < -0.3 is 60.0 Å². The largest absolute Gasteiger partial charge is 0.481 e. The van der Waals surface area contributed by atoms with Crippen molar-refractivity contribution in [3.8, 4) is 5.75 Å². The normalized spacial score (nSPS) is 23.9. The van der Waals surface area contributed by atoms with Crippen LogP contribution in [0.3, 0.4) is 0 Å². The van der Waals surface area contributed by atoms with Crippen molar-refractivity contribution < 1.29 is 86.2 Å². The third kappa shape index (κ3) is 14.3. The lowest BCUT2D eigenvalue weighted by atomic mass is 9.99. The van der Waals surface area contributed by atoms with Crippen molar-refractivity contribution in [2.24, 2.45) is 0 Å². The third-order valence-electron chi connectivity index (χ3n) is 8.62. The van der Waals surface area contributed by atoms with Crippen molar-refractivity contribution in [3.05, 3.63) is 29.3 Å². The fourth-order valence-electron chi connectivity index (χ4n) is 5.65. The van der Waals surface area contributed by atoms with E-state index in [-0.39, 0.29) is 44.8 Å². The molecule has 22 heteroatoms. The van der Waals surface area contributed by atoms with Crippen LogP contribution in [-0.2, 0) is 66.1 Å². The smallest absolute Gasteiger partial charge is 0.335 e. The van der Waals surface area contributed by atoms with Gasteiger partial charge in [-0.05, 0) is 37.3 Å². The lowest BCUT2D eigenvalue weighted by molar-refractivity contribution is -0.271. The molecule has 0 radical (unpaired) electrons. The summed E-state index contributed by atoms with van der Waals surface area (Å²) in [6.07, 6.45) is -8.63. The maximum atomic E-state index is 13.1. The lowest BCUT2D eigenvalue weighted by Gasteiger charge is -2.38. The number of nitrogens with one attached hydrogen (secondary N) is 2. The summed E-state index contributed by atoms with van der Waals surface area (Å²) in [5.41, 5.74) is 1.02. The zero-order chi connectivity index (χ0) is 40.9. The quantitative estimate of drug-likeness (QED) is 0.0347. The molecule has 2 saturated heterocycles. The van der Waals surface area contributed by atoms with E-state index in [1.165, 1.54) is 0 Å². The Kier molecular flexibility index (Phi) is 17.2. The predicted octanol–water partition coefficient (Wildman–Crippen LogP) is -2.30. The second-order valence-electron chi connectivity index (χ2n) is 12.8. The molecule has 0 aromatic heterocycles. The summed E-state index contributed by atoms with van der Waals surface area (Å²) >= 11 is 0. The van der Waals surface area contributed by atoms with Gasteiger partial charge in [-0.1, -0.05) is 19.1 Å². The van der Waals surface area contributed by atoms with E-state index in [2.05, 4.69) is 10.6 Å². The first-order valence-corrected chi connectivity index (χ1v) is 19.0. The zero-order valence-electron chi connectivity index (χ0n) is 29.9. The van der Waals surface area contributed by atoms with Gasteiger partial charge in [-0.3, -0.25) is 28.5 Å². The number of amides is 3. The van der Waals surface area contributed by atoms with Crippen molar-refractivity contribution in [1.29, 1.82) is 0 Å². The zero-order valence-corrected chi connectivity index (χ0v) is 30.7. The fraction of sp³-hybridized carbons (Fsp3) is 0.636. The second-order valence-corrected chi connectivity index (χ2v) is 14.4. The molecule has 55 heavy (non-hydrogen) atoms. The van der Waals surface area contributed by atoms with E-state index in [0.717, 1.165) is 4.90 Å². The summed E-state index contributed by atoms with van der Waals surface area (Å²) in [6, 6.07) is 3.02. The molecular formula is C33H47N3O18S. The summed E-state index contributed by atoms with van der Waals surface area (Å²) < 4.78 is 52.5. The topological polar surface area (TPSA) is 322 Å². The maximum absolute atomic E-state index is 13.1. The van der Waals surface area contributed by atoms with Gasteiger partial charge in [-0.25, -0.2) is 4.79 Å². The standard InChI is InChI=1S/C33H47N3O18S/c1-2-26(41)52-16-19-7-6-18(13-22(19)53-33-29(44)27(42)28(43)30(54-33)32(46)47)5-3-4-10-34-24(38)15-36-20(17-51-11-12-55(48,49)50)14-21(31(36)45)35-23(37)8-9-25(39)40/h6-7,13,20-21,27-30,33,42-44H,2-5,8-12,14-17H2,1H3,(H,34,38)(H,35,37)(H,39,40)(H,46,47)(H,48,49,50)/t20-,21-,27-,28-,29+,30-,33+/m0/s1. The number of hydrogen-bond acceptors (Lipinski definition) is 15. The number of carboxylic acid groups (broad SMARTS) is 2. The van der Waals surface area contributed by atoms with Crippen LogP contribution >= 0.6 is 0 Å². The Balaban J connectivity index is 1.58. The van der Waals surface area contributed by atoms with Crippen molar-refractivity contribution >= 4 is 45.7 Å². The SMILES string of the molecule is CCC(=O)OCc1ccc(CCCCNC(=O)CN2C(=O)[C@@H](NC(=O)CCC(=O)O)C[C@H]2COCCS(=O)(=O)O)cc1O[C@@H]1O[C@H](C(=O)O)[C@@H](O)[C@H](O)[C@H]1O. The van der Waals surface area contributed by atoms with E-state index in [1.54, 1.807) is 25.1 Å². The minimum atomic E-state index is -4.31. The molecule has 7 atom stereocenters. The minimum absolute atomic E-state index is 0.00314. The number of aryl methyl sites for hydroxylation is 1. The molecule has 3 rings (SSSR count). The van der Waals surface area contributed by atoms with Gasteiger partial charge in [0.15, 0.2) is 6.10 Å². The van der Waals surface area contributed by atoms with Gasteiger partial charge in [-0.15, -0.1) is 0 Å². The molecule has 1 aromatic rings. The van der Waals surface area contributed by atoms with E-state index in [0.29, 0.717) is 30.4 Å². The number of aliphatic carboxylic acids is 2. The molecule has 308 valence electrons. The molecule has 8 N–H and O–H groups in total. The van der Waals surface area contributed by atoms with Gasteiger partial charge in [0.1, 0.15) is 36.7 Å². The van der Waals surface area contributed by atoms with Crippen molar-refractivity contribution in [1.82, 2.24) is 15.5 Å². The summed E-state index contributed by atoms with van der Waals surface area (Å²) in [6.45, 7) is 0.506. The number of carbonyl (C=O) groups is 6. The van der Waals surface area contributed by atoms with E-state index < -0.39 is 114 Å². The minimum Gasteiger partial charge on any atom is -0.481 e. The van der Waals surface area contributed by atoms with Crippen molar-refractivity contribution in [2.75, 3.05) is 32.1 Å². The van der Waals surface area contributed by atoms with Crippen LogP contribution in [0.25, 0.3) is 0 Å². The summed E-state index contributed by atoms with van der Waals surface area (Å²) in [7, 11) is -4.31. The summed E-state index contributed by atoms with van der Waals surface area (Å²) in [5, 5.41) is 54.0. The van der Waals surface area contributed by atoms with E-state index >= 15 is 0 Å². The first-order chi connectivity index (χ1) is 25.9. The molecule has 2 fully saturated rings. The number of rotatable bonds is 22. The van der Waals surface area contributed by atoms with Crippen molar-refractivity contribution in [2.45, 2.75) is 101 Å². The molecule has 0 bridgehead atoms. The number of carbonyl (C=O) groups excluding carboxylic acids is 4. The Bertz CT molecular complexity index is 1640. The second kappa shape index (κ2) is 21.0. The van der Waals surface area contributed by atoms with Gasteiger partial charge in [0.2, 0.25) is 24.0 Å². The Labute approximate surface area is 315 Å². The number of unbranched alkanes of at least 4 members (excludes halogenated alkanes) is 1. The Morgan fingerprint density at radius 1 is 1.00 bits per heavy atom. The number of ether oxygens (including phenoxy) is 4. The van der Waals surface area contributed by atoms with Crippen LogP contribution < -0.4 is 15.4 Å². The highest BCUT2D eigenvalue weighted by atomic mass is 32.2. The number of hydrogen-bond donors (Lipinski definition) is 8. The molecule has 0 saturated carbocycles. The van der Waals surface area contributed by atoms with E-state index in [9.17, 15) is 57.6 Å². The number of likely N-dealkylation sites (tertiary alicyclic amines) is 1. The lowest BCUT2D eigenvalue weighted by Crippen LogP contribution is -2.61. The molecule has 2 aliphatic heterocycles. The number of benzene rings is 1. The molecule has 0 aliphatic carbocycles. The Morgan fingerprint density at radius 2 is 1.73 bits per heavy atom. The molecular weight excluding hydrogens is 758 g/mol. The van der Waals surface area contributed by atoms with Gasteiger partial charge in [0.25, 0.3) is 10.1 Å². The first-order valence-electron chi connectivity index (χ1n) is 17.4. The van der Waals surface area contributed by atoms with Crippen LogP contribution in [0.2, 0.25) is 0 Å². The Hall–Kier alpha value is -4.45. The average molecular weight is 806 g/mol.